The lowest BCUT2D eigenvalue weighted by atomic mass is 9.97. The van der Waals surface area contributed by atoms with Crippen LogP contribution in [0.2, 0.25) is 0 Å². The molecule has 1 aliphatic rings. The van der Waals surface area contributed by atoms with Gasteiger partial charge in [-0.2, -0.15) is 17.5 Å². The topological polar surface area (TPSA) is 84.3 Å². The number of carbonyl (C=O) groups excluding carboxylic acids is 1. The number of aryl methyl sites for hydroxylation is 1. The number of halogens is 3. The minimum absolute atomic E-state index is 0.0538. The molecule has 1 fully saturated rings. The summed E-state index contributed by atoms with van der Waals surface area (Å²) < 4.78 is 66.2. The van der Waals surface area contributed by atoms with Crippen molar-refractivity contribution in [1.29, 1.82) is 0 Å². The molecule has 0 radical (unpaired) electrons. The van der Waals surface area contributed by atoms with E-state index in [2.05, 4.69) is 10.3 Å². The van der Waals surface area contributed by atoms with Gasteiger partial charge in [-0.3, -0.25) is 4.79 Å². The number of anilines is 1. The maximum absolute atomic E-state index is 12.8. The summed E-state index contributed by atoms with van der Waals surface area (Å²) in [5.74, 6) is -0.904. The van der Waals surface area contributed by atoms with E-state index in [4.69, 9.17) is 0 Å². The fourth-order valence-electron chi connectivity index (χ4n) is 3.03. The zero-order valence-electron chi connectivity index (χ0n) is 15.0. The number of alkyl halides is 3. The van der Waals surface area contributed by atoms with Gasteiger partial charge in [0.2, 0.25) is 5.91 Å². The molecule has 0 unspecified atom stereocenters. The second-order valence-corrected chi connectivity index (χ2v) is 8.51. The van der Waals surface area contributed by atoms with Crippen molar-refractivity contribution in [3.8, 4) is 0 Å². The van der Waals surface area contributed by atoms with Crippen molar-refractivity contribution < 1.29 is 26.4 Å². The molecule has 1 N–H and O–H groups in total. The Morgan fingerprint density at radius 1 is 1.25 bits per heavy atom. The number of hydrogen-bond acceptors (Lipinski definition) is 4. The molecule has 0 spiro atoms. The molecule has 1 amide bonds. The molecule has 1 aromatic heterocycles. The quantitative estimate of drug-likeness (QED) is 0.830. The number of hydrogen-bond donors (Lipinski definition) is 1. The Morgan fingerprint density at radius 3 is 2.50 bits per heavy atom. The van der Waals surface area contributed by atoms with E-state index in [-0.39, 0.29) is 36.6 Å². The standard InChI is InChI=1S/C17H19F3N4O3S/c1-23-10-15(21-11-23)28(26,27)24-7-5-12(6-8-24)16(25)22-14-4-2-3-13(9-14)17(18,19)20/h2-4,9-12H,5-8H2,1H3,(H,22,25). The van der Waals surface area contributed by atoms with Crippen LogP contribution in [0.15, 0.2) is 41.8 Å². The Balaban J connectivity index is 1.61. The lowest BCUT2D eigenvalue weighted by Crippen LogP contribution is -2.41. The second kappa shape index (κ2) is 7.55. The van der Waals surface area contributed by atoms with Crippen LogP contribution in [0.25, 0.3) is 0 Å². The van der Waals surface area contributed by atoms with Gasteiger partial charge in [0.05, 0.1) is 11.9 Å². The number of piperidine rings is 1. The summed E-state index contributed by atoms with van der Waals surface area (Å²) in [6, 6.07) is 4.41. The maximum atomic E-state index is 12.8. The van der Waals surface area contributed by atoms with Crippen LogP contribution in [0.3, 0.4) is 0 Å². The number of amides is 1. The third-order valence-electron chi connectivity index (χ3n) is 4.57. The number of carbonyl (C=O) groups is 1. The first-order valence-corrected chi connectivity index (χ1v) is 9.97. The summed E-state index contributed by atoms with van der Waals surface area (Å²) in [6.45, 7) is 0.277. The van der Waals surface area contributed by atoms with E-state index in [1.165, 1.54) is 33.5 Å². The third kappa shape index (κ3) is 4.36. The van der Waals surface area contributed by atoms with Crippen molar-refractivity contribution >= 4 is 21.6 Å². The summed E-state index contributed by atoms with van der Waals surface area (Å²) in [6.07, 6.45) is -1.15. The zero-order chi connectivity index (χ0) is 20.5. The number of sulfonamides is 1. The Kier molecular flexibility index (Phi) is 5.48. The number of benzene rings is 1. The van der Waals surface area contributed by atoms with E-state index in [1.54, 1.807) is 7.05 Å². The van der Waals surface area contributed by atoms with Gasteiger partial charge in [-0.05, 0) is 31.0 Å². The average molecular weight is 416 g/mol. The van der Waals surface area contributed by atoms with E-state index in [1.807, 2.05) is 0 Å². The van der Waals surface area contributed by atoms with Crippen LogP contribution in [-0.4, -0.2) is 41.3 Å². The fourth-order valence-corrected chi connectivity index (χ4v) is 4.47. The molecule has 1 aliphatic heterocycles. The van der Waals surface area contributed by atoms with Crippen LogP contribution in [-0.2, 0) is 28.0 Å². The highest BCUT2D eigenvalue weighted by Gasteiger charge is 2.34. The molecule has 28 heavy (non-hydrogen) atoms. The van der Waals surface area contributed by atoms with Crippen molar-refractivity contribution in [2.45, 2.75) is 24.0 Å². The summed E-state index contributed by atoms with van der Waals surface area (Å²) in [5, 5.41) is 2.44. The molecular formula is C17H19F3N4O3S. The van der Waals surface area contributed by atoms with Gasteiger partial charge in [0.15, 0.2) is 5.03 Å². The molecule has 2 heterocycles. The van der Waals surface area contributed by atoms with Gasteiger partial charge in [-0.25, -0.2) is 13.4 Å². The first-order valence-electron chi connectivity index (χ1n) is 8.53. The normalized spacial score (nSPS) is 16.9. The predicted molar refractivity (Wildman–Crippen MR) is 94.8 cm³/mol. The highest BCUT2D eigenvalue weighted by atomic mass is 32.2. The zero-order valence-corrected chi connectivity index (χ0v) is 15.8. The van der Waals surface area contributed by atoms with Crippen LogP contribution in [0.5, 0.6) is 0 Å². The Hall–Kier alpha value is -2.40. The first kappa shape index (κ1) is 20.3. The molecule has 0 atom stereocenters. The maximum Gasteiger partial charge on any atom is 0.416 e. The number of rotatable bonds is 4. The largest absolute Gasteiger partial charge is 0.416 e. The molecule has 0 saturated carbocycles. The molecule has 1 aromatic carbocycles. The second-order valence-electron chi connectivity index (χ2n) is 6.62. The third-order valence-corrected chi connectivity index (χ3v) is 6.35. The first-order chi connectivity index (χ1) is 13.1. The van der Waals surface area contributed by atoms with Crippen LogP contribution in [0.1, 0.15) is 18.4 Å². The highest BCUT2D eigenvalue weighted by Crippen LogP contribution is 2.31. The molecule has 0 aliphatic carbocycles. The minimum atomic E-state index is -4.49. The molecule has 7 nitrogen and oxygen atoms in total. The number of nitrogens with one attached hydrogen (secondary N) is 1. The summed E-state index contributed by atoms with van der Waals surface area (Å²) in [5.41, 5.74) is -0.787. The van der Waals surface area contributed by atoms with Crippen molar-refractivity contribution in [3.63, 3.8) is 0 Å². The van der Waals surface area contributed by atoms with Gasteiger partial charge in [0.1, 0.15) is 0 Å². The van der Waals surface area contributed by atoms with E-state index in [9.17, 15) is 26.4 Å². The van der Waals surface area contributed by atoms with Gasteiger partial charge < -0.3 is 9.88 Å². The Bertz CT molecular complexity index is 964. The van der Waals surface area contributed by atoms with E-state index >= 15 is 0 Å². The molecule has 152 valence electrons. The lowest BCUT2D eigenvalue weighted by Gasteiger charge is -2.30. The van der Waals surface area contributed by atoms with Crippen LogP contribution in [0, 0.1) is 5.92 Å². The van der Waals surface area contributed by atoms with Crippen LogP contribution in [0.4, 0.5) is 18.9 Å². The summed E-state index contributed by atoms with van der Waals surface area (Å²) in [4.78, 5) is 16.2. The van der Waals surface area contributed by atoms with E-state index in [0.717, 1.165) is 12.1 Å². The lowest BCUT2D eigenvalue weighted by molar-refractivity contribution is -0.137. The average Bonchev–Trinajstić information content (AvgIpc) is 3.08. The van der Waals surface area contributed by atoms with E-state index < -0.39 is 33.6 Å². The van der Waals surface area contributed by atoms with Crippen LogP contribution >= 0.6 is 0 Å². The summed E-state index contributed by atoms with van der Waals surface area (Å²) in [7, 11) is -2.06. The molecular weight excluding hydrogens is 397 g/mol. The van der Waals surface area contributed by atoms with E-state index in [0.29, 0.717) is 0 Å². The van der Waals surface area contributed by atoms with Crippen molar-refractivity contribution in [1.82, 2.24) is 13.9 Å². The molecule has 11 heteroatoms. The van der Waals surface area contributed by atoms with Crippen LogP contribution < -0.4 is 5.32 Å². The van der Waals surface area contributed by atoms with Gasteiger partial charge in [0, 0.05) is 37.9 Å². The van der Waals surface area contributed by atoms with Crippen molar-refractivity contribution in [3.05, 3.63) is 42.4 Å². The molecule has 3 rings (SSSR count). The van der Waals surface area contributed by atoms with Gasteiger partial charge in [-0.1, -0.05) is 6.07 Å². The fraction of sp³-hybridized carbons (Fsp3) is 0.412. The Morgan fingerprint density at radius 2 is 1.93 bits per heavy atom. The molecule has 2 aromatic rings. The monoisotopic (exact) mass is 416 g/mol. The highest BCUT2D eigenvalue weighted by molar-refractivity contribution is 7.89. The number of imidazole rings is 1. The number of aromatic nitrogens is 2. The molecule has 0 bridgehead atoms. The van der Waals surface area contributed by atoms with Gasteiger partial charge in [0.25, 0.3) is 10.0 Å². The predicted octanol–water partition coefficient (Wildman–Crippen LogP) is 2.48. The van der Waals surface area contributed by atoms with Crippen molar-refractivity contribution in [2.24, 2.45) is 13.0 Å². The van der Waals surface area contributed by atoms with Crippen molar-refractivity contribution in [2.75, 3.05) is 18.4 Å². The van der Waals surface area contributed by atoms with Gasteiger partial charge >= 0.3 is 6.18 Å². The van der Waals surface area contributed by atoms with Gasteiger partial charge in [-0.15, -0.1) is 0 Å². The summed E-state index contributed by atoms with van der Waals surface area (Å²) >= 11 is 0. The molecule has 1 saturated heterocycles. The Labute approximate surface area is 160 Å². The minimum Gasteiger partial charge on any atom is -0.339 e. The smallest absolute Gasteiger partial charge is 0.339 e. The number of nitrogens with zero attached hydrogens (tertiary/aromatic N) is 3. The SMILES string of the molecule is Cn1cnc(S(=O)(=O)N2CCC(C(=O)Nc3cccc(C(F)(F)F)c3)CC2)c1.